The van der Waals surface area contributed by atoms with Crippen LogP contribution in [0.25, 0.3) is 82.6 Å². The van der Waals surface area contributed by atoms with Gasteiger partial charge in [-0.15, -0.1) is 0 Å². The number of para-hydroxylation sites is 2. The van der Waals surface area contributed by atoms with Crippen molar-refractivity contribution in [3.63, 3.8) is 0 Å². The first-order chi connectivity index (χ1) is 40.3. The molecule has 11 aromatic rings. The molecule has 21 nitrogen and oxygen atoms in total. The summed E-state index contributed by atoms with van der Waals surface area (Å²) in [4.78, 5) is 28.7. The van der Waals surface area contributed by atoms with Crippen LogP contribution in [0.3, 0.4) is 0 Å². The highest BCUT2D eigenvalue weighted by molar-refractivity contribution is 7.86. The van der Waals surface area contributed by atoms with Crippen molar-refractivity contribution in [3.05, 3.63) is 190 Å². The van der Waals surface area contributed by atoms with Crippen molar-refractivity contribution in [2.45, 2.75) is 64.0 Å². The fourth-order valence-corrected chi connectivity index (χ4v) is 13.0. The molecule has 86 heavy (non-hydrogen) atoms. The molecule has 0 unspecified atom stereocenters. The number of benzene rings is 9. The lowest BCUT2D eigenvalue weighted by molar-refractivity contribution is 0.474. The Morgan fingerprint density at radius 1 is 0.395 bits per heavy atom. The second-order valence-electron chi connectivity index (χ2n) is 20.6. The molecule has 2 heterocycles. The van der Waals surface area contributed by atoms with E-state index >= 15 is 9.59 Å². The summed E-state index contributed by atoms with van der Waals surface area (Å²) in [5.74, 6) is -1.47. The minimum absolute atomic E-state index is 0.00700. The van der Waals surface area contributed by atoms with Crippen molar-refractivity contribution in [3.8, 4) is 62.1 Å². The van der Waals surface area contributed by atoms with Gasteiger partial charge in [0.25, 0.3) is 61.7 Å². The maximum Gasteiger partial charge on any atom is 0.294 e. The van der Waals surface area contributed by atoms with E-state index in [-0.39, 0.29) is 117 Å². The van der Waals surface area contributed by atoms with Gasteiger partial charge in [0.15, 0.2) is 11.3 Å². The molecule has 0 fully saturated rings. The summed E-state index contributed by atoms with van der Waals surface area (Å²) in [6.07, 6.45) is 0. The number of hydrogen-bond acceptors (Lipinski definition) is 15. The van der Waals surface area contributed by atoms with E-state index < -0.39 is 86.2 Å². The molecule has 0 radical (unpaired) electrons. The quantitative estimate of drug-likeness (QED) is 0.0361. The molecule has 0 amide bonds. The number of aromatic nitrogens is 1. The number of ether oxygens (including phenoxy) is 2. The van der Waals surface area contributed by atoms with E-state index in [1.54, 1.807) is 42.5 Å². The molecule has 0 aliphatic carbocycles. The van der Waals surface area contributed by atoms with Gasteiger partial charge in [-0.3, -0.25) is 32.4 Å². The lowest BCUT2D eigenvalue weighted by Crippen LogP contribution is -2.34. The van der Waals surface area contributed by atoms with Crippen LogP contribution in [0.2, 0.25) is 0 Å². The second kappa shape index (κ2) is 21.1. The standard InChI is InChI=1S/C60H45NO20S5/c1-31(2)41-9-7-10-42(32(3)4)56(41)61-59(62)47-29-51(81-57-45(34-14-20-37(21-15-34)83(67,68)69)27-40(86(76,77)78)28-46(57)35-16-22-38(23-17-35)84(70,71)72)54-43-8-5-6-11-49(43)80-58-52(30-48(60(61)63)53(47)55(54)58)79-50-25-24-39(85(73,74)75)26-44(50)33-12-18-36(19-13-33)82(64,65)66/h5-32H,1-4H3,(H,64,65,66)(H,67,68,69)(H,70,71,72)(H,73,74,75)(H,76,77,78). The summed E-state index contributed by atoms with van der Waals surface area (Å²) in [5.41, 5.74) is -0.581. The molecule has 0 aliphatic rings. The highest BCUT2D eigenvalue weighted by Gasteiger charge is 2.31. The molecular weight excluding hydrogens is 1210 g/mol. The summed E-state index contributed by atoms with van der Waals surface area (Å²) in [6.45, 7) is 7.52. The molecule has 0 bridgehead atoms. The Kier molecular flexibility index (Phi) is 14.5. The predicted molar refractivity (Wildman–Crippen MR) is 318 cm³/mol. The van der Waals surface area contributed by atoms with Gasteiger partial charge in [0.2, 0.25) is 0 Å². The Hall–Kier alpha value is -8.67. The maximum absolute atomic E-state index is 15.9. The van der Waals surface area contributed by atoms with Crippen molar-refractivity contribution in [1.82, 2.24) is 4.57 Å². The minimum atomic E-state index is -5.15. The van der Waals surface area contributed by atoms with Gasteiger partial charge in [0.05, 0.1) is 40.9 Å². The molecule has 26 heteroatoms. The molecule has 11 rings (SSSR count). The Labute approximate surface area is 490 Å². The van der Waals surface area contributed by atoms with E-state index in [2.05, 4.69) is 0 Å². The molecule has 0 spiro atoms. The van der Waals surface area contributed by atoms with E-state index in [0.29, 0.717) is 11.1 Å². The van der Waals surface area contributed by atoms with Crippen LogP contribution < -0.4 is 20.6 Å². The molecule has 0 saturated heterocycles. The molecule has 0 aliphatic heterocycles. The van der Waals surface area contributed by atoms with Crippen LogP contribution in [0.1, 0.15) is 50.7 Å². The van der Waals surface area contributed by atoms with Gasteiger partial charge >= 0.3 is 0 Å². The fourth-order valence-electron chi connectivity index (χ4n) is 10.5. The van der Waals surface area contributed by atoms with Crippen molar-refractivity contribution in [2.24, 2.45) is 0 Å². The smallest absolute Gasteiger partial charge is 0.294 e. The maximum atomic E-state index is 15.9. The lowest BCUT2D eigenvalue weighted by Gasteiger charge is -2.24. The summed E-state index contributed by atoms with van der Waals surface area (Å²) in [7, 11) is -24.4. The van der Waals surface area contributed by atoms with Crippen LogP contribution in [0, 0.1) is 0 Å². The van der Waals surface area contributed by atoms with Crippen molar-refractivity contribution < 1.29 is 78.7 Å². The SMILES string of the molecule is CC(C)c1cccc(C(C)C)c1-n1c(=O)c2cc(Oc3ccc(S(=O)(=O)O)cc3-c3ccc(S(=O)(=O)O)cc3)c3oc4ccccc4c4c(Oc5c(-c6ccc(S(=O)(=O)O)cc6)cc(S(=O)(=O)O)cc5-c5ccc(S(=O)(=O)O)cc5)cc(c1=O)c2c34. The Bertz CT molecular complexity index is 5270. The number of fused-ring (bicyclic) bond motifs is 2. The number of hydrogen-bond donors (Lipinski definition) is 5. The number of pyridine rings is 1. The molecule has 440 valence electrons. The van der Waals surface area contributed by atoms with Crippen LogP contribution in [0.5, 0.6) is 23.0 Å². The van der Waals surface area contributed by atoms with E-state index in [9.17, 15) is 64.9 Å². The normalized spacial score (nSPS) is 12.8. The molecule has 2 aromatic heterocycles. The third-order valence-electron chi connectivity index (χ3n) is 14.5. The summed E-state index contributed by atoms with van der Waals surface area (Å²) < 4.78 is 198. The highest BCUT2D eigenvalue weighted by Crippen LogP contribution is 2.51. The lowest BCUT2D eigenvalue weighted by atomic mass is 9.91. The van der Waals surface area contributed by atoms with E-state index in [0.717, 1.165) is 65.2 Å². The minimum Gasteiger partial charge on any atom is -0.455 e. The second-order valence-corrected chi connectivity index (χ2v) is 27.7. The first-order valence-electron chi connectivity index (χ1n) is 25.6. The van der Waals surface area contributed by atoms with Crippen molar-refractivity contribution >= 4 is 94.1 Å². The summed E-state index contributed by atoms with van der Waals surface area (Å²) in [5, 5.41) is 0.102. The van der Waals surface area contributed by atoms with Gasteiger partial charge in [0.1, 0.15) is 22.8 Å². The van der Waals surface area contributed by atoms with Crippen molar-refractivity contribution in [1.29, 1.82) is 0 Å². The zero-order valence-corrected chi connectivity index (χ0v) is 49.1. The average molecular weight is 1260 g/mol. The highest BCUT2D eigenvalue weighted by atomic mass is 32.2. The van der Waals surface area contributed by atoms with Crippen LogP contribution in [0.15, 0.2) is 196 Å². The fraction of sp³-hybridized carbons (Fsp3) is 0.100. The molecule has 0 atom stereocenters. The largest absolute Gasteiger partial charge is 0.455 e. The summed E-state index contributed by atoms with van der Waals surface area (Å²) in [6, 6.07) is 33.0. The van der Waals surface area contributed by atoms with Crippen LogP contribution in [0.4, 0.5) is 0 Å². The van der Waals surface area contributed by atoms with Crippen LogP contribution >= 0.6 is 0 Å². The first kappa shape index (κ1) is 59.1. The van der Waals surface area contributed by atoms with E-state index in [1.807, 2.05) is 27.7 Å². The topological polar surface area (TPSA) is 343 Å². The van der Waals surface area contributed by atoms with Gasteiger partial charge in [-0.2, -0.15) is 42.1 Å². The molecule has 9 aromatic carbocycles. The monoisotopic (exact) mass is 1260 g/mol. The zero-order valence-electron chi connectivity index (χ0n) is 45.0. The molecule has 0 saturated carbocycles. The van der Waals surface area contributed by atoms with Crippen LogP contribution in [-0.2, 0) is 50.6 Å². The van der Waals surface area contributed by atoms with Gasteiger partial charge in [-0.05, 0) is 125 Å². The van der Waals surface area contributed by atoms with Gasteiger partial charge in [0, 0.05) is 38.2 Å². The van der Waals surface area contributed by atoms with Crippen molar-refractivity contribution in [2.75, 3.05) is 0 Å². The Morgan fingerprint density at radius 3 is 1.27 bits per heavy atom. The third-order valence-corrected chi connectivity index (χ3v) is 18.8. The van der Waals surface area contributed by atoms with Crippen LogP contribution in [-0.4, -0.2) is 69.4 Å². The van der Waals surface area contributed by atoms with Gasteiger partial charge in [-0.25, -0.2) is 4.57 Å². The Morgan fingerprint density at radius 2 is 0.814 bits per heavy atom. The molecular formula is C60H45NO20S5. The summed E-state index contributed by atoms with van der Waals surface area (Å²) >= 11 is 0. The van der Waals surface area contributed by atoms with E-state index in [4.69, 9.17) is 13.9 Å². The first-order valence-corrected chi connectivity index (χ1v) is 32.8. The van der Waals surface area contributed by atoms with Gasteiger partial charge in [-0.1, -0.05) is 100 Å². The molecule has 5 N–H and O–H groups in total. The zero-order chi connectivity index (χ0) is 61.9. The number of rotatable bonds is 15. The van der Waals surface area contributed by atoms with Gasteiger partial charge < -0.3 is 13.9 Å². The average Bonchev–Trinajstić information content (AvgIpc) is 0.702. The number of nitrogens with zero attached hydrogens (tertiary/aromatic N) is 1. The predicted octanol–water partition coefficient (Wildman–Crippen LogP) is 11.9. The Balaban J connectivity index is 1.31. The third kappa shape index (κ3) is 10.7. The van der Waals surface area contributed by atoms with E-state index in [1.165, 1.54) is 54.6 Å².